The minimum Gasteiger partial charge on any atom is -0.335 e. The fourth-order valence-corrected chi connectivity index (χ4v) is 3.27. The molecule has 0 aromatic carbocycles. The van der Waals surface area contributed by atoms with Crippen LogP contribution in [0.3, 0.4) is 0 Å². The number of aromatic nitrogens is 1. The van der Waals surface area contributed by atoms with Crippen molar-refractivity contribution < 1.29 is 4.79 Å². The van der Waals surface area contributed by atoms with Gasteiger partial charge in [-0.05, 0) is 26.2 Å². The molecule has 1 aromatic heterocycles. The van der Waals surface area contributed by atoms with Crippen LogP contribution >= 0.6 is 11.3 Å². The molecule has 0 bridgehead atoms. The molecule has 4 nitrogen and oxygen atoms in total. The Morgan fingerprint density at radius 1 is 1.39 bits per heavy atom. The lowest BCUT2D eigenvalue weighted by Crippen LogP contribution is -2.38. The monoisotopic (exact) mass is 267 g/mol. The summed E-state index contributed by atoms with van der Waals surface area (Å²) in [7, 11) is 0. The highest BCUT2D eigenvalue weighted by Crippen LogP contribution is 2.22. The highest BCUT2D eigenvalue weighted by atomic mass is 32.1. The summed E-state index contributed by atoms with van der Waals surface area (Å²) in [5.41, 5.74) is 1.08. The zero-order valence-electron chi connectivity index (χ0n) is 11.1. The van der Waals surface area contributed by atoms with Crippen molar-refractivity contribution in [3.63, 3.8) is 0 Å². The van der Waals surface area contributed by atoms with Crippen LogP contribution in [0.1, 0.15) is 49.6 Å². The molecule has 0 atom stereocenters. The molecule has 5 heteroatoms. The van der Waals surface area contributed by atoms with E-state index >= 15 is 0 Å². The number of hydrogen-bond donors (Lipinski definition) is 2. The maximum absolute atomic E-state index is 11.8. The molecule has 18 heavy (non-hydrogen) atoms. The van der Waals surface area contributed by atoms with Gasteiger partial charge in [0, 0.05) is 10.9 Å². The third-order valence-corrected chi connectivity index (χ3v) is 4.32. The van der Waals surface area contributed by atoms with Crippen LogP contribution in [0.5, 0.6) is 0 Å². The molecule has 1 saturated carbocycles. The summed E-state index contributed by atoms with van der Waals surface area (Å²) in [6.45, 7) is 4.12. The van der Waals surface area contributed by atoms with Crippen molar-refractivity contribution >= 4 is 22.5 Å². The number of hydrogen-bond acceptors (Lipinski definition) is 3. The van der Waals surface area contributed by atoms with Crippen molar-refractivity contribution in [1.29, 1.82) is 0 Å². The summed E-state index contributed by atoms with van der Waals surface area (Å²) in [4.78, 5) is 17.4. The molecule has 0 spiro atoms. The van der Waals surface area contributed by atoms with Gasteiger partial charge < -0.3 is 5.32 Å². The van der Waals surface area contributed by atoms with Gasteiger partial charge in [0.05, 0.1) is 5.69 Å². The second-order valence-corrected chi connectivity index (χ2v) is 6.01. The minimum absolute atomic E-state index is 0.113. The lowest BCUT2D eigenvalue weighted by atomic mass is 9.96. The van der Waals surface area contributed by atoms with Gasteiger partial charge in [-0.25, -0.2) is 9.78 Å². The number of aryl methyl sites for hydroxylation is 2. The summed E-state index contributed by atoms with van der Waals surface area (Å²) in [6, 6.07) is 0.226. The number of thiazole rings is 1. The lowest BCUT2D eigenvalue weighted by molar-refractivity contribution is 0.244. The van der Waals surface area contributed by atoms with Gasteiger partial charge in [-0.3, -0.25) is 5.32 Å². The molecule has 100 valence electrons. The molecule has 2 amide bonds. The van der Waals surface area contributed by atoms with Crippen molar-refractivity contribution in [2.24, 2.45) is 0 Å². The van der Waals surface area contributed by atoms with Crippen LogP contribution in [0, 0.1) is 6.92 Å². The first-order valence-electron chi connectivity index (χ1n) is 6.73. The lowest BCUT2D eigenvalue weighted by Gasteiger charge is -2.22. The van der Waals surface area contributed by atoms with Crippen LogP contribution in [-0.2, 0) is 6.42 Å². The summed E-state index contributed by atoms with van der Waals surface area (Å²) in [5, 5.41) is 6.58. The Morgan fingerprint density at radius 3 is 2.72 bits per heavy atom. The average molecular weight is 267 g/mol. The predicted octanol–water partition coefficient (Wildman–Crippen LogP) is 3.47. The number of anilines is 1. The van der Waals surface area contributed by atoms with Gasteiger partial charge in [-0.1, -0.05) is 26.2 Å². The molecule has 0 saturated heterocycles. The molecule has 2 N–H and O–H groups in total. The van der Waals surface area contributed by atoms with Crippen LogP contribution < -0.4 is 10.6 Å². The number of rotatable bonds is 3. The zero-order chi connectivity index (χ0) is 13.0. The Hall–Kier alpha value is -1.10. The van der Waals surface area contributed by atoms with Crippen molar-refractivity contribution in [2.75, 3.05) is 5.32 Å². The second-order valence-electron chi connectivity index (χ2n) is 4.81. The van der Waals surface area contributed by atoms with E-state index in [0.717, 1.165) is 25.0 Å². The molecular weight excluding hydrogens is 246 g/mol. The van der Waals surface area contributed by atoms with Crippen LogP contribution in [-0.4, -0.2) is 17.1 Å². The summed E-state index contributed by atoms with van der Waals surface area (Å²) < 4.78 is 0. The number of urea groups is 1. The molecule has 0 radical (unpaired) electrons. The van der Waals surface area contributed by atoms with Gasteiger partial charge in [-0.2, -0.15) is 0 Å². The maximum Gasteiger partial charge on any atom is 0.321 e. The SMILES string of the molecule is CCc1nc(NC(=O)NC2CCCCC2)sc1C. The number of carbonyl (C=O) groups excluding carboxylic acids is 1. The van der Waals surface area contributed by atoms with Crippen molar-refractivity contribution in [2.45, 2.75) is 58.4 Å². The van der Waals surface area contributed by atoms with E-state index < -0.39 is 0 Å². The van der Waals surface area contributed by atoms with E-state index in [1.165, 1.54) is 24.1 Å². The number of amides is 2. The first-order valence-corrected chi connectivity index (χ1v) is 7.54. The van der Waals surface area contributed by atoms with E-state index in [2.05, 4.69) is 22.5 Å². The molecule has 1 fully saturated rings. The minimum atomic E-state index is -0.113. The largest absolute Gasteiger partial charge is 0.335 e. The molecule has 1 heterocycles. The Kier molecular flexibility index (Phi) is 4.58. The molecule has 1 aliphatic rings. The van der Waals surface area contributed by atoms with E-state index in [1.54, 1.807) is 11.3 Å². The molecular formula is C13H21N3OS. The number of nitrogens with one attached hydrogen (secondary N) is 2. The second kappa shape index (κ2) is 6.18. The normalized spacial score (nSPS) is 16.6. The summed E-state index contributed by atoms with van der Waals surface area (Å²) in [6.07, 6.45) is 6.86. The van der Waals surface area contributed by atoms with Gasteiger partial charge in [0.2, 0.25) is 0 Å². The van der Waals surface area contributed by atoms with E-state index in [4.69, 9.17) is 0 Å². The summed E-state index contributed by atoms with van der Waals surface area (Å²) >= 11 is 1.55. The highest BCUT2D eigenvalue weighted by Gasteiger charge is 2.16. The maximum atomic E-state index is 11.8. The van der Waals surface area contributed by atoms with E-state index in [-0.39, 0.29) is 6.03 Å². The number of carbonyl (C=O) groups is 1. The van der Waals surface area contributed by atoms with Crippen molar-refractivity contribution in [3.05, 3.63) is 10.6 Å². The molecule has 2 rings (SSSR count). The van der Waals surface area contributed by atoms with Crippen LogP contribution in [0.25, 0.3) is 0 Å². The molecule has 0 unspecified atom stereocenters. The van der Waals surface area contributed by atoms with Crippen LogP contribution in [0.15, 0.2) is 0 Å². The van der Waals surface area contributed by atoms with Crippen molar-refractivity contribution in [3.8, 4) is 0 Å². The predicted molar refractivity (Wildman–Crippen MR) is 75.3 cm³/mol. The third kappa shape index (κ3) is 3.45. The fraction of sp³-hybridized carbons (Fsp3) is 0.692. The Labute approximate surface area is 112 Å². The van der Waals surface area contributed by atoms with Crippen LogP contribution in [0.4, 0.5) is 9.93 Å². The van der Waals surface area contributed by atoms with E-state index in [0.29, 0.717) is 11.2 Å². The third-order valence-electron chi connectivity index (χ3n) is 3.39. The standard InChI is InChI=1S/C13H21N3OS/c1-3-11-9(2)18-13(15-11)16-12(17)14-10-7-5-4-6-8-10/h10H,3-8H2,1-2H3,(H2,14,15,16,17). The topological polar surface area (TPSA) is 54.0 Å². The molecule has 0 aliphatic heterocycles. The van der Waals surface area contributed by atoms with Gasteiger partial charge in [0.25, 0.3) is 0 Å². The highest BCUT2D eigenvalue weighted by molar-refractivity contribution is 7.15. The van der Waals surface area contributed by atoms with Gasteiger partial charge in [0.1, 0.15) is 0 Å². The average Bonchev–Trinajstić information content (AvgIpc) is 2.70. The first kappa shape index (κ1) is 13.3. The Bertz CT molecular complexity index is 410. The van der Waals surface area contributed by atoms with Gasteiger partial charge in [-0.15, -0.1) is 11.3 Å². The van der Waals surface area contributed by atoms with E-state index in [9.17, 15) is 4.79 Å². The fourth-order valence-electron chi connectivity index (χ4n) is 2.38. The Morgan fingerprint density at radius 2 is 2.11 bits per heavy atom. The first-order chi connectivity index (χ1) is 8.69. The smallest absolute Gasteiger partial charge is 0.321 e. The van der Waals surface area contributed by atoms with Gasteiger partial charge in [0.15, 0.2) is 5.13 Å². The molecule has 1 aliphatic carbocycles. The van der Waals surface area contributed by atoms with Gasteiger partial charge >= 0.3 is 6.03 Å². The quantitative estimate of drug-likeness (QED) is 0.881. The molecule has 1 aromatic rings. The van der Waals surface area contributed by atoms with E-state index in [1.807, 2.05) is 6.92 Å². The summed E-state index contributed by atoms with van der Waals surface area (Å²) in [5.74, 6) is 0. The zero-order valence-corrected chi connectivity index (χ0v) is 11.9. The Balaban J connectivity index is 1.86. The van der Waals surface area contributed by atoms with Crippen molar-refractivity contribution in [1.82, 2.24) is 10.3 Å². The number of nitrogens with zero attached hydrogens (tertiary/aromatic N) is 1. The van der Waals surface area contributed by atoms with Crippen LogP contribution in [0.2, 0.25) is 0 Å².